The molecule has 1 saturated heterocycles. The molecule has 1 unspecified atom stereocenters. The summed E-state index contributed by atoms with van der Waals surface area (Å²) in [5, 5.41) is 0. The first-order valence-electron chi connectivity index (χ1n) is 10.1. The number of halogens is 3. The van der Waals surface area contributed by atoms with Gasteiger partial charge in [-0.15, -0.1) is 0 Å². The van der Waals surface area contributed by atoms with E-state index in [4.69, 9.17) is 18.9 Å². The molecule has 1 fully saturated rings. The number of hydrogen-bond acceptors (Lipinski definition) is 4. The predicted octanol–water partition coefficient (Wildman–Crippen LogP) is 5.59. The van der Waals surface area contributed by atoms with Crippen LogP contribution in [0.3, 0.4) is 0 Å². The molecule has 1 heterocycles. The predicted molar refractivity (Wildman–Crippen MR) is 100 cm³/mol. The lowest BCUT2D eigenvalue weighted by Gasteiger charge is -2.40. The van der Waals surface area contributed by atoms with Crippen molar-refractivity contribution in [3.8, 4) is 5.75 Å². The fourth-order valence-corrected chi connectivity index (χ4v) is 3.10. The minimum atomic E-state index is -4.37. The Morgan fingerprint density at radius 2 is 1.61 bits per heavy atom. The van der Waals surface area contributed by atoms with Gasteiger partial charge in [-0.05, 0) is 44.0 Å². The molecule has 0 aromatic heterocycles. The second-order valence-electron chi connectivity index (χ2n) is 7.10. The van der Waals surface area contributed by atoms with E-state index in [2.05, 4.69) is 13.8 Å². The summed E-state index contributed by atoms with van der Waals surface area (Å²) in [5.41, 5.74) is -0.706. The van der Waals surface area contributed by atoms with Crippen LogP contribution in [0, 0.1) is 0 Å². The molecular weight excluding hydrogens is 373 g/mol. The molecule has 0 aliphatic carbocycles. The lowest BCUT2D eigenvalue weighted by atomic mass is 10.0. The summed E-state index contributed by atoms with van der Waals surface area (Å²) in [6.45, 7) is 7.39. The van der Waals surface area contributed by atoms with Crippen LogP contribution >= 0.6 is 0 Å². The third-order valence-electron chi connectivity index (χ3n) is 4.71. The quantitative estimate of drug-likeness (QED) is 0.477. The minimum Gasteiger partial charge on any atom is -0.465 e. The van der Waals surface area contributed by atoms with Crippen molar-refractivity contribution in [1.29, 1.82) is 0 Å². The highest BCUT2D eigenvalue weighted by atomic mass is 19.4. The SMILES string of the molecule is CCCCO[C@@H]1C[C@@H](Oc2ccc(C(F)(F)F)cc2)OC(C)[C@@H]1OCCCC. The van der Waals surface area contributed by atoms with E-state index in [1.807, 2.05) is 6.92 Å². The zero-order valence-corrected chi connectivity index (χ0v) is 16.8. The summed E-state index contributed by atoms with van der Waals surface area (Å²) in [6, 6.07) is 4.64. The van der Waals surface area contributed by atoms with Gasteiger partial charge in [0.25, 0.3) is 0 Å². The van der Waals surface area contributed by atoms with Gasteiger partial charge in [0.1, 0.15) is 11.9 Å². The Hall–Kier alpha value is -1.31. The highest BCUT2D eigenvalue weighted by Gasteiger charge is 2.39. The Kier molecular flexibility index (Phi) is 9.05. The maximum absolute atomic E-state index is 12.7. The lowest BCUT2D eigenvalue weighted by Crippen LogP contribution is -2.51. The molecule has 4 nitrogen and oxygen atoms in total. The van der Waals surface area contributed by atoms with E-state index in [9.17, 15) is 13.2 Å². The Labute approximate surface area is 165 Å². The molecule has 7 heteroatoms. The molecule has 0 amide bonds. The summed E-state index contributed by atoms with van der Waals surface area (Å²) in [6.07, 6.45) is -1.09. The summed E-state index contributed by atoms with van der Waals surface area (Å²) in [5.74, 6) is 0.336. The maximum atomic E-state index is 12.7. The average Bonchev–Trinajstić information content (AvgIpc) is 2.64. The van der Waals surface area contributed by atoms with Crippen molar-refractivity contribution in [2.24, 2.45) is 0 Å². The van der Waals surface area contributed by atoms with Crippen LogP contribution in [0.1, 0.15) is 58.4 Å². The third kappa shape index (κ3) is 6.94. The van der Waals surface area contributed by atoms with Gasteiger partial charge >= 0.3 is 6.18 Å². The van der Waals surface area contributed by atoms with Crippen molar-refractivity contribution in [2.75, 3.05) is 13.2 Å². The Morgan fingerprint density at radius 1 is 1.00 bits per heavy atom. The molecule has 160 valence electrons. The number of hydrogen-bond donors (Lipinski definition) is 0. The van der Waals surface area contributed by atoms with E-state index in [0.717, 1.165) is 37.8 Å². The molecular formula is C21H31F3O4. The summed E-state index contributed by atoms with van der Waals surface area (Å²) in [4.78, 5) is 0. The highest BCUT2D eigenvalue weighted by Crippen LogP contribution is 2.32. The van der Waals surface area contributed by atoms with Crippen LogP contribution in [0.15, 0.2) is 24.3 Å². The van der Waals surface area contributed by atoms with Crippen LogP contribution < -0.4 is 4.74 Å². The molecule has 0 saturated carbocycles. The van der Waals surface area contributed by atoms with Crippen LogP contribution in [-0.2, 0) is 20.4 Å². The van der Waals surface area contributed by atoms with Gasteiger partial charge in [0.05, 0.1) is 17.8 Å². The topological polar surface area (TPSA) is 36.9 Å². The van der Waals surface area contributed by atoms with Crippen molar-refractivity contribution in [2.45, 2.75) is 83.7 Å². The highest BCUT2D eigenvalue weighted by molar-refractivity contribution is 5.29. The smallest absolute Gasteiger partial charge is 0.416 e. The second-order valence-corrected chi connectivity index (χ2v) is 7.10. The fraction of sp³-hybridized carbons (Fsp3) is 0.714. The molecule has 2 rings (SSSR count). The van der Waals surface area contributed by atoms with Crippen LogP contribution in [0.4, 0.5) is 13.2 Å². The van der Waals surface area contributed by atoms with E-state index < -0.39 is 18.0 Å². The molecule has 0 spiro atoms. The van der Waals surface area contributed by atoms with Crippen molar-refractivity contribution >= 4 is 0 Å². The number of ether oxygens (including phenoxy) is 4. The van der Waals surface area contributed by atoms with E-state index >= 15 is 0 Å². The molecule has 0 radical (unpaired) electrons. The molecule has 28 heavy (non-hydrogen) atoms. The number of rotatable bonds is 10. The van der Waals surface area contributed by atoms with Crippen LogP contribution in [0.5, 0.6) is 5.75 Å². The van der Waals surface area contributed by atoms with Gasteiger partial charge in [-0.25, -0.2) is 0 Å². The molecule has 1 aromatic rings. The number of alkyl halides is 3. The van der Waals surface area contributed by atoms with Crippen molar-refractivity contribution in [1.82, 2.24) is 0 Å². The molecule has 0 N–H and O–H groups in total. The molecule has 1 aromatic carbocycles. The Balaban J connectivity index is 1.99. The zero-order valence-electron chi connectivity index (χ0n) is 16.8. The first-order chi connectivity index (χ1) is 13.3. The standard InChI is InChI=1S/C21H31F3O4/c1-4-6-12-25-18-14-19(27-15(3)20(18)26-13-7-5-2)28-17-10-8-16(9-11-17)21(22,23)24/h8-11,15,18-20H,4-7,12-14H2,1-3H3/t15?,18-,19-,20+/m1/s1. The Morgan fingerprint density at radius 3 is 2.18 bits per heavy atom. The monoisotopic (exact) mass is 404 g/mol. The molecule has 1 aliphatic heterocycles. The van der Waals surface area contributed by atoms with Gasteiger partial charge in [0, 0.05) is 19.6 Å². The fourth-order valence-electron chi connectivity index (χ4n) is 3.10. The van der Waals surface area contributed by atoms with Gasteiger partial charge in [-0.1, -0.05) is 26.7 Å². The van der Waals surface area contributed by atoms with Gasteiger partial charge in [0.15, 0.2) is 0 Å². The van der Waals surface area contributed by atoms with E-state index in [0.29, 0.717) is 25.4 Å². The van der Waals surface area contributed by atoms with Crippen LogP contribution in [-0.4, -0.2) is 37.8 Å². The van der Waals surface area contributed by atoms with Crippen molar-refractivity contribution < 1.29 is 32.1 Å². The first kappa shape index (κ1) is 23.0. The van der Waals surface area contributed by atoms with E-state index in [1.54, 1.807) is 0 Å². The van der Waals surface area contributed by atoms with Gasteiger partial charge in [0.2, 0.25) is 6.29 Å². The van der Waals surface area contributed by atoms with Crippen LogP contribution in [0.2, 0.25) is 0 Å². The largest absolute Gasteiger partial charge is 0.465 e. The van der Waals surface area contributed by atoms with Crippen molar-refractivity contribution in [3.63, 3.8) is 0 Å². The Bertz CT molecular complexity index is 562. The number of unbranched alkanes of at least 4 members (excludes halogenated alkanes) is 2. The minimum absolute atomic E-state index is 0.174. The average molecular weight is 404 g/mol. The van der Waals surface area contributed by atoms with Gasteiger partial charge in [-0.2, -0.15) is 13.2 Å². The summed E-state index contributed by atoms with van der Waals surface area (Å²) in [7, 11) is 0. The van der Waals surface area contributed by atoms with E-state index in [1.165, 1.54) is 12.1 Å². The number of benzene rings is 1. The van der Waals surface area contributed by atoms with Gasteiger partial charge < -0.3 is 18.9 Å². The van der Waals surface area contributed by atoms with E-state index in [-0.39, 0.29) is 18.3 Å². The summed E-state index contributed by atoms with van der Waals surface area (Å²) < 4.78 is 61.8. The van der Waals surface area contributed by atoms with Gasteiger partial charge in [-0.3, -0.25) is 0 Å². The zero-order chi connectivity index (χ0) is 20.6. The molecule has 0 bridgehead atoms. The maximum Gasteiger partial charge on any atom is 0.416 e. The normalized spacial score (nSPS) is 25.6. The third-order valence-corrected chi connectivity index (χ3v) is 4.71. The van der Waals surface area contributed by atoms with Crippen LogP contribution in [0.25, 0.3) is 0 Å². The molecule has 1 aliphatic rings. The van der Waals surface area contributed by atoms with Crippen molar-refractivity contribution in [3.05, 3.63) is 29.8 Å². The lowest BCUT2D eigenvalue weighted by molar-refractivity contribution is -0.238. The first-order valence-corrected chi connectivity index (χ1v) is 10.1. The molecule has 4 atom stereocenters. The second kappa shape index (κ2) is 11.0. The summed E-state index contributed by atoms with van der Waals surface area (Å²) >= 11 is 0.